The van der Waals surface area contributed by atoms with E-state index in [0.717, 1.165) is 35.1 Å². The van der Waals surface area contributed by atoms with Gasteiger partial charge >= 0.3 is 7.12 Å². The zero-order valence-corrected chi connectivity index (χ0v) is 23.3. The van der Waals surface area contributed by atoms with Crippen LogP contribution >= 0.6 is 11.6 Å². The number of aromatic nitrogens is 5. The van der Waals surface area contributed by atoms with Gasteiger partial charge in [0.25, 0.3) is 0 Å². The third kappa shape index (κ3) is 4.46. The van der Waals surface area contributed by atoms with Crippen LogP contribution in [0.2, 0.25) is 5.02 Å². The van der Waals surface area contributed by atoms with E-state index in [1.165, 1.54) is 6.33 Å². The Hall–Kier alpha value is -3.01. The first-order chi connectivity index (χ1) is 17.9. The molecule has 0 N–H and O–H groups in total. The number of rotatable bonds is 6. The lowest BCUT2D eigenvalue weighted by Crippen LogP contribution is -2.41. The predicted molar refractivity (Wildman–Crippen MR) is 148 cm³/mol. The minimum absolute atomic E-state index is 0.203. The molecular weight excluding hydrogens is 501 g/mol. The molecular formula is C28H31BClN5O3. The molecule has 0 radical (unpaired) electrons. The molecule has 0 amide bonds. The molecule has 1 aromatic carbocycles. The van der Waals surface area contributed by atoms with E-state index in [2.05, 4.69) is 27.9 Å². The molecule has 4 heterocycles. The van der Waals surface area contributed by atoms with Gasteiger partial charge in [0.1, 0.15) is 17.8 Å². The van der Waals surface area contributed by atoms with Crippen molar-refractivity contribution >= 4 is 35.3 Å². The molecule has 38 heavy (non-hydrogen) atoms. The average Bonchev–Trinajstić information content (AvgIpc) is 3.38. The van der Waals surface area contributed by atoms with Crippen LogP contribution in [-0.4, -0.2) is 48.4 Å². The van der Waals surface area contributed by atoms with Gasteiger partial charge < -0.3 is 18.6 Å². The molecule has 0 unspecified atom stereocenters. The van der Waals surface area contributed by atoms with E-state index < -0.39 is 18.3 Å². The number of benzene rings is 1. The molecule has 6 rings (SSSR count). The zero-order chi connectivity index (χ0) is 26.9. The van der Waals surface area contributed by atoms with Crippen LogP contribution in [0, 0.1) is 6.92 Å². The van der Waals surface area contributed by atoms with Crippen molar-refractivity contribution in [3.8, 4) is 17.3 Å². The molecule has 8 nitrogen and oxygen atoms in total. The lowest BCUT2D eigenvalue weighted by Gasteiger charge is -2.32. The smallest absolute Gasteiger partial charge is 0.470 e. The average molecular weight is 532 g/mol. The molecule has 0 atom stereocenters. The summed E-state index contributed by atoms with van der Waals surface area (Å²) in [6.45, 7) is 12.7. The van der Waals surface area contributed by atoms with Crippen molar-refractivity contribution in [3.63, 3.8) is 0 Å². The third-order valence-electron chi connectivity index (χ3n) is 7.85. The number of nitrogens with zero attached hydrogens (tertiary/aromatic N) is 5. The van der Waals surface area contributed by atoms with Gasteiger partial charge in [0.05, 0.1) is 28.5 Å². The maximum Gasteiger partial charge on any atom is 0.494 e. The van der Waals surface area contributed by atoms with Gasteiger partial charge in [-0.05, 0) is 83.6 Å². The first kappa shape index (κ1) is 25.3. The quantitative estimate of drug-likeness (QED) is 0.319. The van der Waals surface area contributed by atoms with Gasteiger partial charge in [-0.3, -0.25) is 4.98 Å². The molecule has 1 aliphatic carbocycles. The lowest BCUT2D eigenvalue weighted by atomic mass is 9.79. The Bertz CT molecular complexity index is 1530. The minimum Gasteiger partial charge on any atom is -0.470 e. The fourth-order valence-corrected chi connectivity index (χ4v) is 4.82. The van der Waals surface area contributed by atoms with E-state index in [1.807, 2.05) is 69.6 Å². The van der Waals surface area contributed by atoms with Crippen molar-refractivity contribution < 1.29 is 14.0 Å². The van der Waals surface area contributed by atoms with E-state index in [-0.39, 0.29) is 5.60 Å². The summed E-state index contributed by atoms with van der Waals surface area (Å²) in [7, 11) is -0.507. The van der Waals surface area contributed by atoms with Gasteiger partial charge in [-0.15, -0.1) is 0 Å². The highest BCUT2D eigenvalue weighted by atomic mass is 35.5. The van der Waals surface area contributed by atoms with Crippen molar-refractivity contribution in [1.29, 1.82) is 0 Å². The molecule has 3 aromatic heterocycles. The van der Waals surface area contributed by atoms with Crippen molar-refractivity contribution in [3.05, 3.63) is 59.1 Å². The highest BCUT2D eigenvalue weighted by Crippen LogP contribution is 2.41. The zero-order valence-electron chi connectivity index (χ0n) is 22.6. The van der Waals surface area contributed by atoms with Crippen LogP contribution < -0.4 is 10.2 Å². The summed E-state index contributed by atoms with van der Waals surface area (Å²) in [6, 6.07) is 9.86. The Morgan fingerprint density at radius 1 is 1.00 bits per heavy atom. The summed E-state index contributed by atoms with van der Waals surface area (Å²) in [5.74, 6) is 1.15. The Morgan fingerprint density at radius 3 is 2.39 bits per heavy atom. The molecule has 10 heteroatoms. The van der Waals surface area contributed by atoms with Gasteiger partial charge in [0, 0.05) is 11.8 Å². The van der Waals surface area contributed by atoms with Crippen molar-refractivity contribution in [2.45, 2.75) is 77.7 Å². The van der Waals surface area contributed by atoms with E-state index in [1.54, 1.807) is 0 Å². The van der Waals surface area contributed by atoms with Crippen LogP contribution in [0.4, 0.5) is 0 Å². The lowest BCUT2D eigenvalue weighted by molar-refractivity contribution is 0.00578. The number of fused-ring (bicyclic) bond motifs is 1. The van der Waals surface area contributed by atoms with Crippen molar-refractivity contribution in [2.75, 3.05) is 0 Å². The summed E-state index contributed by atoms with van der Waals surface area (Å²) in [6.07, 6.45) is 5.32. The van der Waals surface area contributed by atoms with Crippen LogP contribution in [-0.2, 0) is 15.9 Å². The largest absolute Gasteiger partial charge is 0.494 e. The number of hydrogen-bond donors (Lipinski definition) is 0. The van der Waals surface area contributed by atoms with Crippen molar-refractivity contribution in [1.82, 2.24) is 24.5 Å². The molecule has 1 aliphatic heterocycles. The monoisotopic (exact) mass is 531 g/mol. The van der Waals surface area contributed by atoms with Gasteiger partial charge in [0.2, 0.25) is 5.88 Å². The van der Waals surface area contributed by atoms with E-state index in [0.29, 0.717) is 34.4 Å². The molecule has 196 valence electrons. The molecule has 0 bridgehead atoms. The molecule has 0 spiro atoms. The van der Waals surface area contributed by atoms with Gasteiger partial charge in [-0.2, -0.15) is 4.98 Å². The number of imidazole rings is 1. The van der Waals surface area contributed by atoms with Gasteiger partial charge in [-0.1, -0.05) is 23.7 Å². The molecule has 1 saturated heterocycles. The van der Waals surface area contributed by atoms with Crippen LogP contribution in [0.15, 0.2) is 42.9 Å². The maximum atomic E-state index is 6.92. The second-order valence-corrected chi connectivity index (χ2v) is 12.0. The standard InChI is InChI=1S/C28H31BClN5O3/c1-17-9-12-31-19(13-17)15-35-23(34-22-24(35)32-16-33-25(22)36-28(6)10-11-28)20-8-7-18(14-21(20)30)29-37-26(2,3)27(4,5)38-29/h7-9,12-14,16H,10-11,15H2,1-6H3. The Labute approximate surface area is 227 Å². The van der Waals surface area contributed by atoms with Crippen LogP contribution in [0.1, 0.15) is 58.7 Å². The maximum absolute atomic E-state index is 6.92. The number of aryl methyl sites for hydroxylation is 1. The van der Waals surface area contributed by atoms with E-state index >= 15 is 0 Å². The summed E-state index contributed by atoms with van der Waals surface area (Å²) in [4.78, 5) is 18.6. The van der Waals surface area contributed by atoms with Crippen LogP contribution in [0.5, 0.6) is 5.88 Å². The number of halogens is 1. The second kappa shape index (κ2) is 8.76. The summed E-state index contributed by atoms with van der Waals surface area (Å²) >= 11 is 6.92. The van der Waals surface area contributed by atoms with Crippen molar-refractivity contribution in [2.24, 2.45) is 0 Å². The number of hydrogen-bond acceptors (Lipinski definition) is 7. The molecule has 2 fully saturated rings. The fourth-order valence-electron chi connectivity index (χ4n) is 4.54. The SMILES string of the molecule is Cc1ccnc(Cn2c(-c3ccc(B4OC(C)(C)C(C)(C)O4)cc3Cl)nc3c(OC4(C)CC4)ncnc32)c1. The van der Waals surface area contributed by atoms with Crippen LogP contribution in [0.25, 0.3) is 22.6 Å². The van der Waals surface area contributed by atoms with Crippen LogP contribution in [0.3, 0.4) is 0 Å². The topological polar surface area (TPSA) is 84.2 Å². The first-order valence-corrected chi connectivity index (χ1v) is 13.3. The Kier molecular flexibility index (Phi) is 5.83. The van der Waals surface area contributed by atoms with E-state index in [4.69, 9.17) is 30.6 Å². The predicted octanol–water partition coefficient (Wildman–Crippen LogP) is 5.13. The number of pyridine rings is 1. The Balaban J connectivity index is 1.44. The van der Waals surface area contributed by atoms with Gasteiger partial charge in [-0.25, -0.2) is 9.97 Å². The second-order valence-electron chi connectivity index (χ2n) is 11.6. The summed E-state index contributed by atoms with van der Waals surface area (Å²) in [5.41, 5.74) is 3.84. The molecule has 1 saturated carbocycles. The normalized spacial score (nSPS) is 19.2. The number of ether oxygens (including phenoxy) is 1. The Morgan fingerprint density at radius 2 is 1.74 bits per heavy atom. The minimum atomic E-state index is -0.507. The third-order valence-corrected chi connectivity index (χ3v) is 8.16. The van der Waals surface area contributed by atoms with E-state index in [9.17, 15) is 0 Å². The highest BCUT2D eigenvalue weighted by Gasteiger charge is 2.51. The summed E-state index contributed by atoms with van der Waals surface area (Å²) < 4.78 is 20.7. The first-order valence-electron chi connectivity index (χ1n) is 12.9. The fraction of sp³-hybridized carbons (Fsp3) is 0.429. The van der Waals surface area contributed by atoms with Gasteiger partial charge in [0.15, 0.2) is 11.2 Å². The highest BCUT2D eigenvalue weighted by molar-refractivity contribution is 6.62. The molecule has 2 aliphatic rings. The summed E-state index contributed by atoms with van der Waals surface area (Å²) in [5, 5.41) is 0.538. The molecule has 4 aromatic rings.